The number of hydrogen-bond donors (Lipinski definition) is 3. The third-order valence-corrected chi connectivity index (χ3v) is 9.82. The van der Waals surface area contributed by atoms with Crippen molar-refractivity contribution in [2.75, 3.05) is 77.4 Å². The number of rotatable bonds is 9. The van der Waals surface area contributed by atoms with Gasteiger partial charge in [-0.3, -0.25) is 9.52 Å². The first kappa shape index (κ1) is 29.4. The molecule has 1 spiro atoms. The molecule has 1 aliphatic carbocycles. The number of hydrogen-bond acceptors (Lipinski definition) is 7. The molecule has 2 aromatic carbocycles. The Balaban J connectivity index is 1.41. The van der Waals surface area contributed by atoms with E-state index in [2.05, 4.69) is 14.9 Å². The Labute approximate surface area is 240 Å². The molecule has 9 nitrogen and oxygen atoms in total. The Hall–Kier alpha value is -3.12. The van der Waals surface area contributed by atoms with E-state index in [1.54, 1.807) is 24.3 Å². The second-order valence-corrected chi connectivity index (χ2v) is 13.6. The van der Waals surface area contributed by atoms with Gasteiger partial charge in [0, 0.05) is 58.8 Å². The average Bonchev–Trinajstić information content (AvgIpc) is 3.67. The number of alkyl halides is 2. The first-order chi connectivity index (χ1) is 19.4. The number of nitrogens with zero attached hydrogens (tertiary/aromatic N) is 3. The van der Waals surface area contributed by atoms with E-state index in [9.17, 15) is 22.0 Å². The lowest BCUT2D eigenvalue weighted by atomic mass is 9.93. The standard InChI is InChI=1S/C29H39F2N5O4S/c1-34(2)24-6-4-21(19-26(24)36-15-11-29(30,31)12-16-36)32-27(38)23-5-3-22(33-41(39,40)18-17-37)20-25(23)35-13-9-28(7-8-28)10-14-35/h3-6,19-20,33,37H,7-18H2,1-2H3,(H,32,38). The van der Waals surface area contributed by atoms with Gasteiger partial charge in [-0.1, -0.05) is 0 Å². The van der Waals surface area contributed by atoms with E-state index in [0.717, 1.165) is 37.3 Å². The molecule has 0 unspecified atom stereocenters. The van der Waals surface area contributed by atoms with Crippen molar-refractivity contribution < 1.29 is 27.1 Å². The Morgan fingerprint density at radius 3 is 2.10 bits per heavy atom. The van der Waals surface area contributed by atoms with E-state index < -0.39 is 28.3 Å². The van der Waals surface area contributed by atoms with E-state index in [4.69, 9.17) is 5.11 Å². The van der Waals surface area contributed by atoms with Crippen molar-refractivity contribution in [3.05, 3.63) is 42.0 Å². The molecule has 2 aromatic rings. The van der Waals surface area contributed by atoms with Crippen LogP contribution >= 0.6 is 0 Å². The topological polar surface area (TPSA) is 105 Å². The highest BCUT2D eigenvalue weighted by Crippen LogP contribution is 2.54. The lowest BCUT2D eigenvalue weighted by Gasteiger charge is -2.36. The zero-order chi connectivity index (χ0) is 29.4. The van der Waals surface area contributed by atoms with Gasteiger partial charge in [-0.2, -0.15) is 0 Å². The minimum absolute atomic E-state index is 0.217. The number of sulfonamides is 1. The van der Waals surface area contributed by atoms with Gasteiger partial charge < -0.3 is 25.1 Å². The van der Waals surface area contributed by atoms with Gasteiger partial charge in [-0.25, -0.2) is 17.2 Å². The molecule has 1 saturated carbocycles. The zero-order valence-electron chi connectivity index (χ0n) is 23.6. The number of benzene rings is 2. The maximum atomic E-state index is 13.8. The molecule has 2 heterocycles. The summed E-state index contributed by atoms with van der Waals surface area (Å²) in [5.74, 6) is -3.43. The largest absolute Gasteiger partial charge is 0.395 e. The summed E-state index contributed by atoms with van der Waals surface area (Å²) < 4.78 is 54.8. The molecule has 5 rings (SSSR count). The van der Waals surface area contributed by atoms with Gasteiger partial charge in [0.2, 0.25) is 10.0 Å². The van der Waals surface area contributed by atoms with Crippen molar-refractivity contribution in [3.8, 4) is 0 Å². The summed E-state index contributed by atoms with van der Waals surface area (Å²) in [6.45, 7) is 1.49. The molecular weight excluding hydrogens is 552 g/mol. The van der Waals surface area contributed by atoms with E-state index >= 15 is 0 Å². The van der Waals surface area contributed by atoms with Gasteiger partial charge >= 0.3 is 0 Å². The fourth-order valence-electron chi connectivity index (χ4n) is 5.80. The first-order valence-electron chi connectivity index (χ1n) is 14.2. The number of piperidine rings is 2. The number of carbonyl (C=O) groups excluding carboxylic acids is 1. The zero-order valence-corrected chi connectivity index (χ0v) is 24.4. The van der Waals surface area contributed by atoms with Crippen LogP contribution in [0.5, 0.6) is 0 Å². The number of aliphatic hydroxyl groups excluding tert-OH is 1. The monoisotopic (exact) mass is 591 g/mol. The van der Waals surface area contributed by atoms with Gasteiger partial charge in [0.05, 0.1) is 40.7 Å². The molecule has 0 aromatic heterocycles. The van der Waals surface area contributed by atoms with Gasteiger partial charge in [-0.05, 0) is 67.5 Å². The quantitative estimate of drug-likeness (QED) is 0.398. The van der Waals surface area contributed by atoms with Gasteiger partial charge in [0.15, 0.2) is 0 Å². The Bertz CT molecular complexity index is 1380. The SMILES string of the molecule is CN(C)c1ccc(NC(=O)c2ccc(NS(=O)(=O)CCO)cc2N2CCC3(CC2)CC3)cc1N1CCC(F)(F)CC1. The normalized spacial score (nSPS) is 19.6. The molecule has 3 fully saturated rings. The molecule has 0 atom stereocenters. The molecule has 0 bridgehead atoms. The number of carbonyl (C=O) groups is 1. The summed E-state index contributed by atoms with van der Waals surface area (Å²) in [6.07, 6.45) is 4.08. The van der Waals surface area contributed by atoms with E-state index in [-0.39, 0.29) is 31.8 Å². The second kappa shape index (κ2) is 11.3. The summed E-state index contributed by atoms with van der Waals surface area (Å²) >= 11 is 0. The highest BCUT2D eigenvalue weighted by atomic mass is 32.2. The average molecular weight is 592 g/mol. The van der Waals surface area contributed by atoms with E-state index in [0.29, 0.717) is 28.0 Å². The van der Waals surface area contributed by atoms with Gasteiger partial charge in [0.1, 0.15) is 0 Å². The second-order valence-electron chi connectivity index (χ2n) is 11.8. The van der Waals surface area contributed by atoms with Crippen LogP contribution in [0.3, 0.4) is 0 Å². The summed E-state index contributed by atoms with van der Waals surface area (Å²) in [6, 6.07) is 10.3. The summed E-state index contributed by atoms with van der Waals surface area (Å²) in [5.41, 5.74) is 4.00. The van der Waals surface area contributed by atoms with Crippen LogP contribution < -0.4 is 24.7 Å². The molecule has 2 aliphatic heterocycles. The van der Waals surface area contributed by atoms with Crippen molar-refractivity contribution in [2.45, 2.75) is 44.4 Å². The highest BCUT2D eigenvalue weighted by Gasteiger charge is 2.44. The molecule has 2 saturated heterocycles. The minimum Gasteiger partial charge on any atom is -0.395 e. The Kier molecular flexibility index (Phi) is 8.08. The van der Waals surface area contributed by atoms with Crippen molar-refractivity contribution in [1.29, 1.82) is 0 Å². The molecule has 41 heavy (non-hydrogen) atoms. The maximum Gasteiger partial charge on any atom is 0.257 e. The van der Waals surface area contributed by atoms with Crippen LogP contribution in [-0.4, -0.2) is 78.0 Å². The Morgan fingerprint density at radius 2 is 1.49 bits per heavy atom. The fourth-order valence-corrected chi connectivity index (χ4v) is 6.63. The van der Waals surface area contributed by atoms with Gasteiger partial charge in [-0.15, -0.1) is 0 Å². The number of amides is 1. The summed E-state index contributed by atoms with van der Waals surface area (Å²) in [4.78, 5) is 19.7. The molecule has 1 amide bonds. The van der Waals surface area contributed by atoms with Crippen molar-refractivity contribution in [1.82, 2.24) is 0 Å². The third-order valence-electron chi connectivity index (χ3n) is 8.55. The number of halogens is 2. The number of nitrogens with one attached hydrogen (secondary N) is 2. The van der Waals surface area contributed by atoms with Crippen LogP contribution in [0.15, 0.2) is 36.4 Å². The van der Waals surface area contributed by atoms with Crippen molar-refractivity contribution in [3.63, 3.8) is 0 Å². The Morgan fingerprint density at radius 1 is 0.902 bits per heavy atom. The molecule has 0 radical (unpaired) electrons. The van der Waals surface area contributed by atoms with Crippen LogP contribution in [0.1, 0.15) is 48.9 Å². The smallest absolute Gasteiger partial charge is 0.257 e. The van der Waals surface area contributed by atoms with Crippen LogP contribution in [0.25, 0.3) is 0 Å². The summed E-state index contributed by atoms with van der Waals surface area (Å²) in [5, 5.41) is 12.1. The minimum atomic E-state index is -3.73. The molecule has 12 heteroatoms. The first-order valence-corrected chi connectivity index (χ1v) is 15.8. The van der Waals surface area contributed by atoms with Crippen LogP contribution in [-0.2, 0) is 10.0 Å². The van der Waals surface area contributed by atoms with Crippen LogP contribution in [0, 0.1) is 5.41 Å². The number of anilines is 5. The summed E-state index contributed by atoms with van der Waals surface area (Å²) in [7, 11) is 0.0520. The van der Waals surface area contributed by atoms with Gasteiger partial charge in [0.25, 0.3) is 11.8 Å². The van der Waals surface area contributed by atoms with E-state index in [1.165, 1.54) is 12.8 Å². The highest BCUT2D eigenvalue weighted by molar-refractivity contribution is 7.92. The van der Waals surface area contributed by atoms with E-state index in [1.807, 2.05) is 36.0 Å². The van der Waals surface area contributed by atoms with Crippen LogP contribution in [0.2, 0.25) is 0 Å². The molecular formula is C29H39F2N5O4S. The maximum absolute atomic E-state index is 13.8. The molecule has 224 valence electrons. The molecule has 3 N–H and O–H groups in total. The molecule has 3 aliphatic rings. The predicted octanol–water partition coefficient (Wildman–Crippen LogP) is 4.35. The lowest BCUT2D eigenvalue weighted by Crippen LogP contribution is -2.40. The van der Waals surface area contributed by atoms with Crippen molar-refractivity contribution in [2.24, 2.45) is 5.41 Å². The van der Waals surface area contributed by atoms with Crippen LogP contribution in [0.4, 0.5) is 37.2 Å². The number of aliphatic hydroxyl groups is 1. The van der Waals surface area contributed by atoms with Crippen molar-refractivity contribution >= 4 is 44.4 Å². The fraction of sp³-hybridized carbons (Fsp3) is 0.552. The predicted molar refractivity (Wildman–Crippen MR) is 159 cm³/mol. The third kappa shape index (κ3) is 6.86. The lowest BCUT2D eigenvalue weighted by molar-refractivity contribution is -0.0220.